The number of azo groups is 2. The van der Waals surface area contributed by atoms with Crippen LogP contribution in [0, 0.1) is 0 Å². The summed E-state index contributed by atoms with van der Waals surface area (Å²) in [5, 5.41) is 44.1. The monoisotopic (exact) mass is 842 g/mol. The standard InChI is InChI=1S/C37H26N6O12S3/c44-35-29-12-9-25(15-22(29)18-31(57(50,51)52)33(35)42-40-24-4-2-1-3-5-24)38-37(46)39-26-10-13-30-23(16-26)19-32(58(53,54)55)34(36(30)45)43-41-27-8-6-21-17-28(56(47,48)49)11-7-20(21)14-27/h1-19,44-45H,(H2,38,39,46)(H,47,48,49)(H,50,51,52)(H,53,54,55). The second kappa shape index (κ2) is 14.9. The van der Waals surface area contributed by atoms with Crippen LogP contribution in [0.1, 0.15) is 0 Å². The highest BCUT2D eigenvalue weighted by atomic mass is 32.2. The number of amides is 2. The van der Waals surface area contributed by atoms with E-state index in [2.05, 4.69) is 31.1 Å². The first-order valence-electron chi connectivity index (χ1n) is 16.4. The van der Waals surface area contributed by atoms with Gasteiger partial charge in [0.1, 0.15) is 21.2 Å². The average Bonchev–Trinajstić information content (AvgIpc) is 3.16. The van der Waals surface area contributed by atoms with E-state index in [1.165, 1.54) is 72.8 Å². The maximum absolute atomic E-state index is 13.0. The number of hydrogen-bond donors (Lipinski definition) is 7. The lowest BCUT2D eigenvalue weighted by molar-refractivity contribution is 0.262. The molecule has 7 aromatic carbocycles. The van der Waals surface area contributed by atoms with Crippen LogP contribution in [0.2, 0.25) is 0 Å². The van der Waals surface area contributed by atoms with Crippen molar-refractivity contribution < 1.29 is 53.9 Å². The van der Waals surface area contributed by atoms with Gasteiger partial charge in [0.05, 0.1) is 16.3 Å². The smallest absolute Gasteiger partial charge is 0.323 e. The van der Waals surface area contributed by atoms with Crippen LogP contribution in [0.4, 0.5) is 38.9 Å². The Balaban J connectivity index is 1.14. The Morgan fingerprint density at radius 2 is 0.948 bits per heavy atom. The number of aromatic hydroxyl groups is 2. The molecule has 7 aromatic rings. The van der Waals surface area contributed by atoms with E-state index >= 15 is 0 Å². The molecule has 7 rings (SSSR count). The minimum absolute atomic E-state index is 0.0568. The Bertz CT molecular complexity index is 3250. The first kappa shape index (κ1) is 39.4. The molecule has 2 amide bonds. The van der Waals surface area contributed by atoms with Crippen molar-refractivity contribution in [1.29, 1.82) is 0 Å². The number of carbonyl (C=O) groups is 1. The molecule has 0 aliphatic carbocycles. The van der Waals surface area contributed by atoms with Gasteiger partial charge in [0.15, 0.2) is 11.5 Å². The van der Waals surface area contributed by atoms with Crippen molar-refractivity contribution in [2.45, 2.75) is 14.7 Å². The first-order chi connectivity index (χ1) is 27.3. The third-order valence-corrected chi connectivity index (χ3v) is 11.1. The summed E-state index contributed by atoms with van der Waals surface area (Å²) in [7, 11) is -14.4. The molecule has 0 atom stereocenters. The van der Waals surface area contributed by atoms with Crippen LogP contribution in [0.3, 0.4) is 0 Å². The number of hydrogen-bond acceptors (Lipinski definition) is 13. The summed E-state index contributed by atoms with van der Waals surface area (Å²) in [5.41, 5.74) is -0.351. The van der Waals surface area contributed by atoms with E-state index < -0.39 is 69.1 Å². The molecular formula is C37H26N6O12S3. The number of nitrogens with zero attached hydrogens (tertiary/aromatic N) is 4. The zero-order chi connectivity index (χ0) is 41.6. The number of urea groups is 1. The number of phenolic OH excluding ortho intramolecular Hbond substituents is 2. The fourth-order valence-corrected chi connectivity index (χ4v) is 7.71. The Kier molecular flexibility index (Phi) is 10.1. The number of phenols is 2. The highest BCUT2D eigenvalue weighted by Gasteiger charge is 2.24. The van der Waals surface area contributed by atoms with Gasteiger partial charge in [0, 0.05) is 22.1 Å². The molecule has 0 heterocycles. The number of benzene rings is 7. The Labute approximate surface area is 328 Å². The Morgan fingerprint density at radius 1 is 0.466 bits per heavy atom. The van der Waals surface area contributed by atoms with Crippen molar-refractivity contribution in [2.75, 3.05) is 10.6 Å². The summed E-state index contributed by atoms with van der Waals surface area (Å²) in [4.78, 5) is 11.2. The first-order valence-corrected chi connectivity index (χ1v) is 20.7. The summed E-state index contributed by atoms with van der Waals surface area (Å²) < 4.78 is 102. The lowest BCUT2D eigenvalue weighted by Gasteiger charge is -2.13. The number of nitrogens with one attached hydrogen (secondary N) is 2. The van der Waals surface area contributed by atoms with E-state index in [4.69, 9.17) is 0 Å². The number of rotatable bonds is 9. The maximum atomic E-state index is 13.0. The third-order valence-electron chi connectivity index (χ3n) is 8.55. The molecule has 0 spiro atoms. The molecule has 0 bridgehead atoms. The van der Waals surface area contributed by atoms with Gasteiger partial charge in [0.25, 0.3) is 30.4 Å². The number of fused-ring (bicyclic) bond motifs is 3. The van der Waals surface area contributed by atoms with Crippen molar-refractivity contribution in [3.63, 3.8) is 0 Å². The van der Waals surface area contributed by atoms with E-state index in [0.717, 1.165) is 12.1 Å². The van der Waals surface area contributed by atoms with Crippen LogP contribution in [0.25, 0.3) is 32.3 Å². The SMILES string of the molecule is O=C(Nc1ccc2c(O)c(N=Nc3ccccc3)c(S(=O)(=O)O)cc2c1)Nc1ccc2c(O)c(N=Nc3ccc4cc(S(=O)(=O)O)ccc4c3)c(S(=O)(=O)O)cc2c1. The minimum Gasteiger partial charge on any atom is -0.505 e. The predicted molar refractivity (Wildman–Crippen MR) is 212 cm³/mol. The van der Waals surface area contributed by atoms with Crippen LogP contribution in [0.5, 0.6) is 11.5 Å². The van der Waals surface area contributed by atoms with Crippen molar-refractivity contribution in [3.05, 3.63) is 115 Å². The summed E-state index contributed by atoms with van der Waals surface area (Å²) in [6, 6.07) is 25.8. The van der Waals surface area contributed by atoms with Crippen molar-refractivity contribution in [3.8, 4) is 11.5 Å². The summed E-state index contributed by atoms with van der Waals surface area (Å²) in [5.74, 6) is -1.27. The van der Waals surface area contributed by atoms with Crippen LogP contribution in [-0.2, 0) is 30.4 Å². The molecule has 0 unspecified atom stereocenters. The van der Waals surface area contributed by atoms with E-state index in [-0.39, 0.29) is 43.5 Å². The fourth-order valence-electron chi connectivity index (χ4n) is 5.88. The van der Waals surface area contributed by atoms with Crippen LogP contribution in [-0.4, -0.2) is 55.2 Å². The third kappa shape index (κ3) is 8.29. The molecule has 0 radical (unpaired) electrons. The fraction of sp³-hybridized carbons (Fsp3) is 0. The molecule has 0 fully saturated rings. The van der Waals surface area contributed by atoms with Gasteiger partial charge in [-0.1, -0.05) is 30.3 Å². The lowest BCUT2D eigenvalue weighted by atomic mass is 10.1. The molecule has 7 N–H and O–H groups in total. The highest BCUT2D eigenvalue weighted by Crippen LogP contribution is 2.44. The highest BCUT2D eigenvalue weighted by molar-refractivity contribution is 7.86. The molecule has 0 saturated carbocycles. The van der Waals surface area contributed by atoms with Gasteiger partial charge in [-0.25, -0.2) is 4.79 Å². The molecule has 0 aliphatic rings. The zero-order valence-corrected chi connectivity index (χ0v) is 31.5. The van der Waals surface area contributed by atoms with Gasteiger partial charge in [-0.05, 0) is 106 Å². The zero-order valence-electron chi connectivity index (χ0n) is 29.1. The van der Waals surface area contributed by atoms with Gasteiger partial charge in [0.2, 0.25) is 0 Å². The number of carbonyl (C=O) groups excluding carboxylic acids is 1. The van der Waals surface area contributed by atoms with Crippen molar-refractivity contribution >= 4 is 103 Å². The van der Waals surface area contributed by atoms with Crippen LogP contribution >= 0.6 is 0 Å². The largest absolute Gasteiger partial charge is 0.505 e. The van der Waals surface area contributed by atoms with Crippen LogP contribution in [0.15, 0.2) is 150 Å². The van der Waals surface area contributed by atoms with Crippen LogP contribution < -0.4 is 10.6 Å². The van der Waals surface area contributed by atoms with Gasteiger partial charge in [-0.15, -0.1) is 10.2 Å². The quantitative estimate of drug-likeness (QED) is 0.0530. The van der Waals surface area contributed by atoms with Crippen molar-refractivity contribution in [1.82, 2.24) is 0 Å². The van der Waals surface area contributed by atoms with Gasteiger partial charge in [-0.3, -0.25) is 13.7 Å². The lowest BCUT2D eigenvalue weighted by Crippen LogP contribution is -2.19. The molecular weight excluding hydrogens is 817 g/mol. The molecule has 58 heavy (non-hydrogen) atoms. The summed E-state index contributed by atoms with van der Waals surface area (Å²) in [6.45, 7) is 0. The topological polar surface area (TPSA) is 294 Å². The molecule has 294 valence electrons. The van der Waals surface area contributed by atoms with Crippen molar-refractivity contribution in [2.24, 2.45) is 20.5 Å². The molecule has 18 nitrogen and oxygen atoms in total. The predicted octanol–water partition coefficient (Wildman–Crippen LogP) is 8.77. The van der Waals surface area contributed by atoms with Gasteiger partial charge < -0.3 is 20.8 Å². The Morgan fingerprint density at radius 3 is 1.45 bits per heavy atom. The maximum Gasteiger partial charge on any atom is 0.323 e. The van der Waals surface area contributed by atoms with E-state index in [1.54, 1.807) is 30.3 Å². The molecule has 21 heteroatoms. The average molecular weight is 843 g/mol. The second-order valence-electron chi connectivity index (χ2n) is 12.4. The Hall–Kier alpha value is -6.88. The van der Waals surface area contributed by atoms with E-state index in [9.17, 15) is 53.9 Å². The number of anilines is 2. The molecule has 0 saturated heterocycles. The van der Waals surface area contributed by atoms with Gasteiger partial charge >= 0.3 is 6.03 Å². The summed E-state index contributed by atoms with van der Waals surface area (Å²) in [6.07, 6.45) is 0. The second-order valence-corrected chi connectivity index (χ2v) is 16.7. The normalized spacial score (nSPS) is 12.5. The molecule has 0 aliphatic heterocycles. The summed E-state index contributed by atoms with van der Waals surface area (Å²) >= 11 is 0. The van der Waals surface area contributed by atoms with Gasteiger partial charge in [-0.2, -0.15) is 35.5 Å². The molecule has 0 aromatic heterocycles. The van der Waals surface area contributed by atoms with E-state index in [0.29, 0.717) is 16.5 Å². The minimum atomic E-state index is -5.01. The van der Waals surface area contributed by atoms with E-state index in [1.807, 2.05) is 0 Å².